The van der Waals surface area contributed by atoms with Gasteiger partial charge in [0.15, 0.2) is 17.5 Å². The van der Waals surface area contributed by atoms with Crippen LogP contribution in [0.3, 0.4) is 0 Å². The first-order valence-corrected chi connectivity index (χ1v) is 16.9. The van der Waals surface area contributed by atoms with Crippen molar-refractivity contribution in [3.8, 4) is 45.2 Å². The minimum Gasteiger partial charge on any atom is -0.257 e. The molecule has 3 aromatic carbocycles. The Hall–Kier alpha value is -6.07. The number of hydrogen-bond acceptors (Lipinski definition) is 5. The molecule has 8 rings (SSSR count). The highest BCUT2D eigenvalue weighted by atomic mass is 15.0. The van der Waals surface area contributed by atoms with Crippen LogP contribution in [0.4, 0.5) is 0 Å². The van der Waals surface area contributed by atoms with E-state index < -0.39 is 0 Å². The van der Waals surface area contributed by atoms with Crippen LogP contribution in [0.5, 0.6) is 0 Å². The van der Waals surface area contributed by atoms with E-state index in [1.54, 1.807) is 0 Å². The van der Waals surface area contributed by atoms with Gasteiger partial charge in [-0.1, -0.05) is 91.9 Å². The maximum atomic E-state index is 5.20. The van der Waals surface area contributed by atoms with E-state index in [1.807, 2.05) is 48.8 Å². The molecule has 2 aliphatic carbocycles. The molecule has 0 radical (unpaired) electrons. The van der Waals surface area contributed by atoms with Crippen LogP contribution in [-0.4, -0.2) is 24.9 Å². The second-order valence-electron chi connectivity index (χ2n) is 12.6. The van der Waals surface area contributed by atoms with Gasteiger partial charge >= 0.3 is 0 Å². The van der Waals surface area contributed by atoms with Crippen molar-refractivity contribution in [3.05, 3.63) is 169 Å². The number of allylic oxidation sites excluding steroid dienone is 8. The average Bonchev–Trinajstić information content (AvgIpc) is 3.19. The van der Waals surface area contributed by atoms with Crippen LogP contribution in [0.25, 0.3) is 61.9 Å². The van der Waals surface area contributed by atoms with E-state index in [0.717, 1.165) is 64.0 Å². The van der Waals surface area contributed by atoms with Crippen LogP contribution < -0.4 is 0 Å². The second-order valence-corrected chi connectivity index (χ2v) is 12.6. The first-order chi connectivity index (χ1) is 24.2. The Bertz CT molecular complexity index is 2250. The van der Waals surface area contributed by atoms with Gasteiger partial charge in [-0.15, -0.1) is 0 Å². The molecule has 0 bridgehead atoms. The number of rotatable bonds is 7. The van der Waals surface area contributed by atoms with Gasteiger partial charge in [0.05, 0.1) is 11.4 Å². The van der Waals surface area contributed by atoms with Crippen molar-refractivity contribution in [2.45, 2.75) is 26.2 Å². The van der Waals surface area contributed by atoms with E-state index in [-0.39, 0.29) is 0 Å². The first-order valence-electron chi connectivity index (χ1n) is 16.9. The van der Waals surface area contributed by atoms with Crippen LogP contribution in [-0.2, 0) is 0 Å². The fraction of sp³-hybridized carbons (Fsp3) is 0.114. The summed E-state index contributed by atoms with van der Waals surface area (Å²) in [4.78, 5) is 24.7. The summed E-state index contributed by atoms with van der Waals surface area (Å²) in [6, 6.07) is 37.6. The summed E-state index contributed by atoms with van der Waals surface area (Å²) in [5.41, 5.74) is 11.7. The van der Waals surface area contributed by atoms with E-state index in [1.165, 1.54) is 16.7 Å². The summed E-state index contributed by atoms with van der Waals surface area (Å²) in [5.74, 6) is 2.39. The van der Waals surface area contributed by atoms with Crippen molar-refractivity contribution in [2.75, 3.05) is 0 Å². The summed E-state index contributed by atoms with van der Waals surface area (Å²) >= 11 is 0. The molecule has 3 heterocycles. The molecule has 5 nitrogen and oxygen atoms in total. The van der Waals surface area contributed by atoms with Crippen molar-refractivity contribution in [1.82, 2.24) is 24.9 Å². The third kappa shape index (κ3) is 6.69. The van der Waals surface area contributed by atoms with Gasteiger partial charge in [0.25, 0.3) is 0 Å². The van der Waals surface area contributed by atoms with Gasteiger partial charge in [-0.25, -0.2) is 15.0 Å². The molecule has 2 aliphatic rings. The zero-order valence-corrected chi connectivity index (χ0v) is 27.4. The number of benzene rings is 3. The molecule has 0 N–H and O–H groups in total. The molecular weight excluding hydrogens is 599 g/mol. The molecule has 0 aliphatic heterocycles. The lowest BCUT2D eigenvalue weighted by Crippen LogP contribution is -2.05. The minimum atomic E-state index is 0.476. The highest BCUT2D eigenvalue weighted by molar-refractivity contribution is 5.85. The van der Waals surface area contributed by atoms with Crippen molar-refractivity contribution >= 4 is 16.7 Å². The van der Waals surface area contributed by atoms with Crippen LogP contribution in [0.15, 0.2) is 152 Å². The fourth-order valence-electron chi connectivity index (χ4n) is 6.52. The monoisotopic (exact) mass is 633 g/mol. The molecule has 3 aromatic heterocycles. The van der Waals surface area contributed by atoms with E-state index in [0.29, 0.717) is 23.4 Å². The number of pyridine rings is 2. The molecule has 0 fully saturated rings. The standard InChI is InChI=1S/C44H35N5/c1-30-12-9-15-32(24-30)38-27-37(31-13-3-2-4-14-31)28-39(29-38)44-48-42(35-18-10-16-33(25-35)40-20-5-7-22-45-40)47-43(49-44)36-19-11-17-34(26-36)41-21-6-8-23-46-41/h2-10,12-16,18-23,25-30H,11,17,24H2,1H3. The molecule has 1 unspecified atom stereocenters. The van der Waals surface area contributed by atoms with Crippen LogP contribution >= 0.6 is 0 Å². The SMILES string of the molecule is CC1C=CC=C(c2cc(-c3ccccc3)cc(-c3nc(C4=CCCC(c5ccccn5)=C4)nc(-c4cccc(-c5ccccn5)c4)n3)c2)C1. The third-order valence-corrected chi connectivity index (χ3v) is 9.02. The average molecular weight is 634 g/mol. The van der Waals surface area contributed by atoms with Crippen LogP contribution in [0.1, 0.15) is 43.3 Å². The number of nitrogens with zero attached hydrogens (tertiary/aromatic N) is 5. The predicted molar refractivity (Wildman–Crippen MR) is 200 cm³/mol. The molecule has 0 saturated carbocycles. The van der Waals surface area contributed by atoms with Crippen LogP contribution in [0, 0.1) is 5.92 Å². The maximum Gasteiger partial charge on any atom is 0.164 e. The number of hydrogen-bond donors (Lipinski definition) is 0. The Kier molecular flexibility index (Phi) is 8.39. The van der Waals surface area contributed by atoms with Gasteiger partial charge in [-0.2, -0.15) is 0 Å². The van der Waals surface area contributed by atoms with Crippen molar-refractivity contribution in [3.63, 3.8) is 0 Å². The Labute approximate surface area is 287 Å². The van der Waals surface area contributed by atoms with Gasteiger partial charge in [-0.3, -0.25) is 9.97 Å². The molecule has 1 atom stereocenters. The highest BCUT2D eigenvalue weighted by Gasteiger charge is 2.19. The first kappa shape index (κ1) is 30.3. The Balaban J connectivity index is 1.31. The molecule has 5 heteroatoms. The lowest BCUT2D eigenvalue weighted by molar-refractivity contribution is 0.749. The molecule has 0 amide bonds. The van der Waals surface area contributed by atoms with Crippen molar-refractivity contribution < 1.29 is 0 Å². The Morgan fingerprint density at radius 2 is 1.20 bits per heavy atom. The summed E-state index contributed by atoms with van der Waals surface area (Å²) < 4.78 is 0. The Morgan fingerprint density at radius 1 is 0.551 bits per heavy atom. The predicted octanol–water partition coefficient (Wildman–Crippen LogP) is 10.6. The number of aromatic nitrogens is 5. The van der Waals surface area contributed by atoms with Crippen molar-refractivity contribution in [1.29, 1.82) is 0 Å². The van der Waals surface area contributed by atoms with Gasteiger partial charge in [0, 0.05) is 34.7 Å². The lowest BCUT2D eigenvalue weighted by Gasteiger charge is -2.18. The summed E-state index contributed by atoms with van der Waals surface area (Å²) in [6.45, 7) is 2.26. The second kappa shape index (κ2) is 13.6. The van der Waals surface area contributed by atoms with E-state index in [2.05, 4.69) is 120 Å². The fourth-order valence-corrected chi connectivity index (χ4v) is 6.52. The molecular formula is C44H35N5. The minimum absolute atomic E-state index is 0.476. The smallest absolute Gasteiger partial charge is 0.164 e. The zero-order valence-electron chi connectivity index (χ0n) is 27.4. The van der Waals surface area contributed by atoms with Gasteiger partial charge in [-0.05, 0) is 108 Å². The van der Waals surface area contributed by atoms with E-state index in [4.69, 9.17) is 15.0 Å². The molecule has 49 heavy (non-hydrogen) atoms. The van der Waals surface area contributed by atoms with Gasteiger partial charge < -0.3 is 0 Å². The molecule has 0 spiro atoms. The molecule has 6 aromatic rings. The van der Waals surface area contributed by atoms with E-state index >= 15 is 0 Å². The topological polar surface area (TPSA) is 64.5 Å². The lowest BCUT2D eigenvalue weighted by atomic mass is 9.88. The Morgan fingerprint density at radius 3 is 1.98 bits per heavy atom. The third-order valence-electron chi connectivity index (χ3n) is 9.02. The van der Waals surface area contributed by atoms with Crippen LogP contribution in [0.2, 0.25) is 0 Å². The molecule has 236 valence electrons. The normalized spacial score (nSPS) is 15.7. The van der Waals surface area contributed by atoms with E-state index in [9.17, 15) is 0 Å². The highest BCUT2D eigenvalue weighted by Crippen LogP contribution is 2.36. The quantitative estimate of drug-likeness (QED) is 0.175. The van der Waals surface area contributed by atoms with Crippen molar-refractivity contribution in [2.24, 2.45) is 5.92 Å². The van der Waals surface area contributed by atoms with Gasteiger partial charge in [0.2, 0.25) is 0 Å². The maximum absolute atomic E-state index is 5.20. The molecule has 0 saturated heterocycles. The summed E-state index contributed by atoms with van der Waals surface area (Å²) in [7, 11) is 0. The zero-order chi connectivity index (χ0) is 33.0. The largest absolute Gasteiger partial charge is 0.257 e. The summed E-state index contributed by atoms with van der Waals surface area (Å²) in [6.07, 6.45) is 17.5. The van der Waals surface area contributed by atoms with Gasteiger partial charge in [0.1, 0.15) is 0 Å². The summed E-state index contributed by atoms with van der Waals surface area (Å²) in [5, 5.41) is 0.